The van der Waals surface area contributed by atoms with E-state index >= 15 is 0 Å². The molecule has 132 valence electrons. The summed E-state index contributed by atoms with van der Waals surface area (Å²) >= 11 is 2.07. The number of carbonyl (C=O) groups is 2. The fourth-order valence-corrected chi connectivity index (χ4v) is 3.89. The minimum absolute atomic E-state index is 0.0724. The lowest BCUT2D eigenvalue weighted by Crippen LogP contribution is -2.36. The van der Waals surface area contributed by atoms with Crippen molar-refractivity contribution in [3.63, 3.8) is 0 Å². The largest absolute Gasteiger partial charge is 0.460 e. The quantitative estimate of drug-likeness (QED) is 0.498. The first-order chi connectivity index (χ1) is 11.4. The Kier molecular flexibility index (Phi) is 7.07. The molecule has 0 saturated heterocycles. The Morgan fingerprint density at radius 1 is 1.25 bits per heavy atom. The van der Waals surface area contributed by atoms with Gasteiger partial charge >= 0.3 is 11.9 Å². The number of hydrogen-bond acceptors (Lipinski definition) is 4. The van der Waals surface area contributed by atoms with Crippen LogP contribution < -0.4 is 0 Å². The normalized spacial score (nSPS) is 23.8. The molecule has 0 amide bonds. The standard InChI is InChI=1S/C19H25IO4/c1-12(2)14-9-8-13(3)10-17(14)24-18(21)11-23-19(22)15-6-4-5-7-16(15)20/h4-7,12-14,17H,8-11H2,1-3H3/t13-,14-,17+/m0/s1. The second-order valence-corrected chi connectivity index (χ2v) is 8.07. The predicted molar refractivity (Wildman–Crippen MR) is 101 cm³/mol. The van der Waals surface area contributed by atoms with Crippen LogP contribution in [-0.4, -0.2) is 24.6 Å². The van der Waals surface area contributed by atoms with E-state index in [0.29, 0.717) is 23.3 Å². The van der Waals surface area contributed by atoms with E-state index in [4.69, 9.17) is 9.47 Å². The molecule has 1 fully saturated rings. The number of hydrogen-bond donors (Lipinski definition) is 0. The van der Waals surface area contributed by atoms with Crippen LogP contribution in [0.2, 0.25) is 0 Å². The van der Waals surface area contributed by atoms with Crippen LogP contribution in [0.4, 0.5) is 0 Å². The number of carbonyl (C=O) groups excluding carboxylic acids is 2. The van der Waals surface area contributed by atoms with Crippen molar-refractivity contribution in [2.45, 2.75) is 46.1 Å². The molecule has 1 aromatic rings. The summed E-state index contributed by atoms with van der Waals surface area (Å²) in [7, 11) is 0. The maximum absolute atomic E-state index is 12.1. The van der Waals surface area contributed by atoms with Crippen molar-refractivity contribution in [1.82, 2.24) is 0 Å². The van der Waals surface area contributed by atoms with Crippen molar-refractivity contribution in [2.75, 3.05) is 6.61 Å². The van der Waals surface area contributed by atoms with Crippen molar-refractivity contribution >= 4 is 34.5 Å². The third kappa shape index (κ3) is 5.19. The van der Waals surface area contributed by atoms with Crippen LogP contribution in [0.15, 0.2) is 24.3 Å². The summed E-state index contributed by atoms with van der Waals surface area (Å²) in [6.07, 6.45) is 3.08. The third-order valence-corrected chi connectivity index (χ3v) is 5.60. The van der Waals surface area contributed by atoms with Gasteiger partial charge in [-0.3, -0.25) is 0 Å². The van der Waals surface area contributed by atoms with Crippen molar-refractivity contribution in [1.29, 1.82) is 0 Å². The summed E-state index contributed by atoms with van der Waals surface area (Å²) in [5.41, 5.74) is 0.470. The molecule has 3 atom stereocenters. The number of ether oxygens (including phenoxy) is 2. The third-order valence-electron chi connectivity index (χ3n) is 4.66. The monoisotopic (exact) mass is 444 g/mol. The predicted octanol–water partition coefficient (Wildman–Crippen LogP) is 4.45. The minimum atomic E-state index is -0.491. The molecule has 1 saturated carbocycles. The van der Waals surface area contributed by atoms with Gasteiger partial charge in [-0.15, -0.1) is 0 Å². The Morgan fingerprint density at radius 3 is 2.62 bits per heavy atom. The first-order valence-electron chi connectivity index (χ1n) is 8.49. The highest BCUT2D eigenvalue weighted by Crippen LogP contribution is 2.35. The van der Waals surface area contributed by atoms with Crippen LogP contribution in [0.1, 0.15) is 50.4 Å². The lowest BCUT2D eigenvalue weighted by molar-refractivity contribution is -0.159. The number of esters is 2. The van der Waals surface area contributed by atoms with E-state index < -0.39 is 11.9 Å². The van der Waals surface area contributed by atoms with Crippen LogP contribution in [-0.2, 0) is 14.3 Å². The summed E-state index contributed by atoms with van der Waals surface area (Å²) in [6, 6.07) is 7.13. The van der Waals surface area contributed by atoms with E-state index in [1.165, 1.54) is 6.42 Å². The molecule has 1 aliphatic rings. The lowest BCUT2D eigenvalue weighted by Gasteiger charge is -2.36. The lowest BCUT2D eigenvalue weighted by atomic mass is 9.75. The average Bonchev–Trinajstić information content (AvgIpc) is 2.53. The van der Waals surface area contributed by atoms with Crippen molar-refractivity contribution in [3.8, 4) is 0 Å². The molecule has 24 heavy (non-hydrogen) atoms. The smallest absolute Gasteiger partial charge is 0.344 e. The first-order valence-corrected chi connectivity index (χ1v) is 9.57. The van der Waals surface area contributed by atoms with Crippen LogP contribution in [0.25, 0.3) is 0 Å². The molecule has 0 aromatic heterocycles. The number of rotatable bonds is 5. The van der Waals surface area contributed by atoms with Crippen molar-refractivity contribution < 1.29 is 19.1 Å². The Labute approximate surface area is 157 Å². The summed E-state index contributed by atoms with van der Waals surface area (Å²) in [6.45, 7) is 6.19. The molecule has 0 aliphatic heterocycles. The topological polar surface area (TPSA) is 52.6 Å². The molecule has 4 nitrogen and oxygen atoms in total. The Hall–Kier alpha value is -1.11. The number of benzene rings is 1. The van der Waals surface area contributed by atoms with E-state index in [1.807, 2.05) is 12.1 Å². The van der Waals surface area contributed by atoms with Gasteiger partial charge in [-0.1, -0.05) is 39.3 Å². The SMILES string of the molecule is CC(C)[C@@H]1CC[C@H](C)C[C@H]1OC(=O)COC(=O)c1ccccc1I. The van der Waals surface area contributed by atoms with E-state index in [2.05, 4.69) is 43.4 Å². The summed E-state index contributed by atoms with van der Waals surface area (Å²) in [5, 5.41) is 0. The van der Waals surface area contributed by atoms with Gasteiger partial charge in [0.1, 0.15) is 6.10 Å². The highest BCUT2D eigenvalue weighted by atomic mass is 127. The maximum atomic E-state index is 12.1. The highest BCUT2D eigenvalue weighted by Gasteiger charge is 2.33. The number of halogens is 1. The first kappa shape index (κ1) is 19.2. The van der Waals surface area contributed by atoms with Gasteiger partial charge in [0.2, 0.25) is 0 Å². The van der Waals surface area contributed by atoms with Gasteiger partial charge in [-0.05, 0) is 65.3 Å². The molecule has 2 rings (SSSR count). The van der Waals surface area contributed by atoms with Gasteiger partial charge in [0.05, 0.1) is 5.56 Å². The van der Waals surface area contributed by atoms with E-state index in [-0.39, 0.29) is 12.7 Å². The zero-order chi connectivity index (χ0) is 17.7. The zero-order valence-corrected chi connectivity index (χ0v) is 16.6. The van der Waals surface area contributed by atoms with Gasteiger partial charge in [-0.2, -0.15) is 0 Å². The Bertz CT molecular complexity index is 584. The zero-order valence-electron chi connectivity index (χ0n) is 14.5. The fourth-order valence-electron chi connectivity index (χ4n) is 3.28. The van der Waals surface area contributed by atoms with Crippen LogP contribution >= 0.6 is 22.6 Å². The minimum Gasteiger partial charge on any atom is -0.460 e. The Morgan fingerprint density at radius 2 is 1.96 bits per heavy atom. The molecule has 1 aliphatic carbocycles. The molecule has 0 N–H and O–H groups in total. The molecular weight excluding hydrogens is 419 g/mol. The molecule has 0 spiro atoms. The average molecular weight is 444 g/mol. The van der Waals surface area contributed by atoms with Gasteiger partial charge in [0.15, 0.2) is 6.61 Å². The van der Waals surface area contributed by atoms with Crippen molar-refractivity contribution in [2.24, 2.45) is 17.8 Å². The molecular formula is C19H25IO4. The van der Waals surface area contributed by atoms with E-state index in [1.54, 1.807) is 12.1 Å². The fraction of sp³-hybridized carbons (Fsp3) is 0.579. The summed E-state index contributed by atoms with van der Waals surface area (Å²) in [4.78, 5) is 24.2. The van der Waals surface area contributed by atoms with Crippen LogP contribution in [0.5, 0.6) is 0 Å². The highest BCUT2D eigenvalue weighted by molar-refractivity contribution is 14.1. The van der Waals surface area contributed by atoms with Gasteiger partial charge < -0.3 is 9.47 Å². The van der Waals surface area contributed by atoms with Gasteiger partial charge in [0.25, 0.3) is 0 Å². The Balaban J connectivity index is 1.88. The summed E-state index contributed by atoms with van der Waals surface area (Å²) < 4.78 is 11.6. The van der Waals surface area contributed by atoms with Gasteiger partial charge in [0, 0.05) is 3.57 Å². The maximum Gasteiger partial charge on any atom is 0.344 e. The molecule has 0 bridgehead atoms. The van der Waals surface area contributed by atoms with E-state index in [9.17, 15) is 9.59 Å². The van der Waals surface area contributed by atoms with Crippen LogP contribution in [0.3, 0.4) is 0 Å². The summed E-state index contributed by atoms with van der Waals surface area (Å²) in [5.74, 6) is 0.472. The molecule has 0 radical (unpaired) electrons. The molecule has 1 aromatic carbocycles. The second kappa shape index (κ2) is 8.83. The van der Waals surface area contributed by atoms with E-state index in [0.717, 1.165) is 16.4 Å². The van der Waals surface area contributed by atoms with Gasteiger partial charge in [-0.25, -0.2) is 9.59 Å². The second-order valence-electron chi connectivity index (χ2n) is 6.91. The molecule has 0 unspecified atom stereocenters. The molecule has 0 heterocycles. The van der Waals surface area contributed by atoms with Crippen LogP contribution in [0, 0.1) is 21.3 Å². The molecule has 5 heteroatoms. The van der Waals surface area contributed by atoms with Crippen molar-refractivity contribution in [3.05, 3.63) is 33.4 Å².